The van der Waals surface area contributed by atoms with Gasteiger partial charge in [-0.2, -0.15) is 5.10 Å². The number of urea groups is 1. The van der Waals surface area contributed by atoms with Crippen LogP contribution in [0, 0.1) is 0 Å². The van der Waals surface area contributed by atoms with Gasteiger partial charge in [-0.1, -0.05) is 44.2 Å². The Morgan fingerprint density at radius 3 is 2.83 bits per heavy atom. The van der Waals surface area contributed by atoms with Gasteiger partial charge in [-0.3, -0.25) is 4.79 Å². The van der Waals surface area contributed by atoms with E-state index in [-0.39, 0.29) is 36.4 Å². The summed E-state index contributed by atoms with van der Waals surface area (Å²) in [5, 5.41) is 10.6. The van der Waals surface area contributed by atoms with Gasteiger partial charge in [0, 0.05) is 25.4 Å². The fourth-order valence-corrected chi connectivity index (χ4v) is 3.99. The Morgan fingerprint density at radius 1 is 1.28 bits per heavy atom. The molecule has 1 aromatic carbocycles. The zero-order chi connectivity index (χ0) is 20.4. The van der Waals surface area contributed by atoms with Crippen molar-refractivity contribution >= 4 is 11.9 Å². The first kappa shape index (κ1) is 19.4. The molecular weight excluding hydrogens is 368 g/mol. The third-order valence-corrected chi connectivity index (χ3v) is 5.59. The van der Waals surface area contributed by atoms with Crippen LogP contribution in [0.1, 0.15) is 55.9 Å². The fraction of sp³-hybridized carbons (Fsp3) is 0.524. The summed E-state index contributed by atoms with van der Waals surface area (Å²) in [5.74, 6) is 2.11. The van der Waals surface area contributed by atoms with Gasteiger partial charge < -0.3 is 15.5 Å². The summed E-state index contributed by atoms with van der Waals surface area (Å²) < 4.78 is 1.92. The number of nitrogens with one attached hydrogen (secondary N) is 2. The molecule has 2 N–H and O–H groups in total. The maximum absolute atomic E-state index is 13.2. The number of carbonyl (C=O) groups excluding carboxylic acids is 2. The standard InChI is InChI=1S/C21H28N6O2/c1-14(2)20-24-18-9-8-16(13-27(18)25-20)23-21(29)26-11-10-22-19(28)12-17(26)15-6-4-3-5-7-15/h3-7,14,16-17H,8-13H2,1-2H3,(H,22,28)(H,23,29)/t16-,17+/m1/s1. The van der Waals surface area contributed by atoms with E-state index in [1.165, 1.54) is 0 Å². The molecule has 0 saturated carbocycles. The lowest BCUT2D eigenvalue weighted by Gasteiger charge is -2.32. The van der Waals surface area contributed by atoms with E-state index < -0.39 is 0 Å². The van der Waals surface area contributed by atoms with E-state index in [0.29, 0.717) is 19.6 Å². The van der Waals surface area contributed by atoms with Gasteiger partial charge in [0.25, 0.3) is 0 Å². The number of aromatic nitrogens is 3. The molecule has 3 heterocycles. The lowest BCUT2D eigenvalue weighted by molar-refractivity contribution is -0.121. The van der Waals surface area contributed by atoms with Gasteiger partial charge in [0.2, 0.25) is 5.91 Å². The molecular formula is C21H28N6O2. The largest absolute Gasteiger partial charge is 0.354 e. The number of fused-ring (bicyclic) bond motifs is 1. The molecule has 0 radical (unpaired) electrons. The summed E-state index contributed by atoms with van der Waals surface area (Å²) in [6.45, 7) is 5.74. The second-order valence-corrected chi connectivity index (χ2v) is 8.08. The van der Waals surface area contributed by atoms with E-state index in [1.54, 1.807) is 4.90 Å². The molecule has 4 rings (SSSR count). The van der Waals surface area contributed by atoms with Crippen molar-refractivity contribution in [2.45, 2.75) is 57.7 Å². The van der Waals surface area contributed by atoms with Crippen molar-refractivity contribution in [2.75, 3.05) is 13.1 Å². The van der Waals surface area contributed by atoms with Crippen LogP contribution in [-0.4, -0.2) is 50.7 Å². The van der Waals surface area contributed by atoms with Crippen LogP contribution in [0.4, 0.5) is 4.79 Å². The van der Waals surface area contributed by atoms with Gasteiger partial charge in [-0.15, -0.1) is 0 Å². The Labute approximate surface area is 170 Å². The van der Waals surface area contributed by atoms with Crippen LogP contribution < -0.4 is 10.6 Å². The van der Waals surface area contributed by atoms with E-state index in [9.17, 15) is 9.59 Å². The lowest BCUT2D eigenvalue weighted by Crippen LogP contribution is -2.49. The van der Waals surface area contributed by atoms with Gasteiger partial charge >= 0.3 is 6.03 Å². The molecule has 2 atom stereocenters. The number of hydrogen-bond acceptors (Lipinski definition) is 4. The Bertz CT molecular complexity index is 879. The molecule has 2 aliphatic heterocycles. The molecule has 0 unspecified atom stereocenters. The molecule has 0 spiro atoms. The van der Waals surface area contributed by atoms with Gasteiger partial charge in [0.1, 0.15) is 5.82 Å². The fourth-order valence-electron chi connectivity index (χ4n) is 3.99. The van der Waals surface area contributed by atoms with Crippen molar-refractivity contribution in [1.29, 1.82) is 0 Å². The third kappa shape index (κ3) is 4.26. The summed E-state index contributed by atoms with van der Waals surface area (Å²) in [6.07, 6.45) is 1.91. The monoisotopic (exact) mass is 396 g/mol. The number of amides is 3. The molecule has 0 bridgehead atoms. The Balaban J connectivity index is 1.48. The van der Waals surface area contributed by atoms with Gasteiger partial charge in [-0.25, -0.2) is 14.5 Å². The highest BCUT2D eigenvalue weighted by atomic mass is 16.2. The lowest BCUT2D eigenvalue weighted by atomic mass is 10.0. The van der Waals surface area contributed by atoms with Crippen LogP contribution in [0.5, 0.6) is 0 Å². The van der Waals surface area contributed by atoms with Crippen LogP contribution in [0.15, 0.2) is 30.3 Å². The summed E-state index contributed by atoms with van der Waals surface area (Å²) >= 11 is 0. The van der Waals surface area contributed by atoms with Crippen molar-refractivity contribution in [3.05, 3.63) is 47.5 Å². The second kappa shape index (κ2) is 8.23. The topological polar surface area (TPSA) is 92.2 Å². The van der Waals surface area contributed by atoms with Gasteiger partial charge in [0.15, 0.2) is 5.82 Å². The highest BCUT2D eigenvalue weighted by Crippen LogP contribution is 2.26. The highest BCUT2D eigenvalue weighted by Gasteiger charge is 2.32. The molecule has 0 aliphatic carbocycles. The zero-order valence-corrected chi connectivity index (χ0v) is 17.0. The molecule has 1 saturated heterocycles. The summed E-state index contributed by atoms with van der Waals surface area (Å²) in [4.78, 5) is 31.7. The molecule has 154 valence electrons. The van der Waals surface area contributed by atoms with Crippen LogP contribution in [0.2, 0.25) is 0 Å². The van der Waals surface area contributed by atoms with Crippen molar-refractivity contribution < 1.29 is 9.59 Å². The predicted molar refractivity (Wildman–Crippen MR) is 108 cm³/mol. The van der Waals surface area contributed by atoms with Gasteiger partial charge in [0.05, 0.1) is 25.0 Å². The van der Waals surface area contributed by atoms with Crippen LogP contribution in [-0.2, 0) is 17.8 Å². The number of carbonyl (C=O) groups is 2. The average Bonchev–Trinajstić information content (AvgIpc) is 3.04. The Hall–Kier alpha value is -2.90. The summed E-state index contributed by atoms with van der Waals surface area (Å²) in [5.41, 5.74) is 0.975. The Morgan fingerprint density at radius 2 is 2.07 bits per heavy atom. The SMILES string of the molecule is CC(C)c1nc2n(n1)C[C@H](NC(=O)N1CCNC(=O)C[C@H]1c1ccccc1)CC2. The van der Waals surface area contributed by atoms with Crippen molar-refractivity contribution in [2.24, 2.45) is 0 Å². The van der Waals surface area contributed by atoms with Crippen LogP contribution in [0.3, 0.4) is 0 Å². The molecule has 29 heavy (non-hydrogen) atoms. The molecule has 8 nitrogen and oxygen atoms in total. The smallest absolute Gasteiger partial charge is 0.318 e. The molecule has 2 aromatic rings. The number of rotatable bonds is 3. The second-order valence-electron chi connectivity index (χ2n) is 8.08. The van der Waals surface area contributed by atoms with Gasteiger partial charge in [-0.05, 0) is 12.0 Å². The molecule has 8 heteroatoms. The number of nitrogens with zero attached hydrogens (tertiary/aromatic N) is 4. The van der Waals surface area contributed by atoms with E-state index in [4.69, 9.17) is 0 Å². The molecule has 3 amide bonds. The van der Waals surface area contributed by atoms with Crippen molar-refractivity contribution in [3.8, 4) is 0 Å². The van der Waals surface area contributed by atoms with E-state index in [2.05, 4.69) is 34.6 Å². The minimum Gasteiger partial charge on any atom is -0.354 e. The van der Waals surface area contributed by atoms with Crippen LogP contribution >= 0.6 is 0 Å². The van der Waals surface area contributed by atoms with Crippen molar-refractivity contribution in [1.82, 2.24) is 30.3 Å². The molecule has 2 aliphatic rings. The first-order chi connectivity index (χ1) is 14.0. The minimum absolute atomic E-state index is 0.0000457. The maximum Gasteiger partial charge on any atom is 0.318 e. The third-order valence-electron chi connectivity index (χ3n) is 5.59. The van der Waals surface area contributed by atoms with E-state index >= 15 is 0 Å². The van der Waals surface area contributed by atoms with Crippen molar-refractivity contribution in [3.63, 3.8) is 0 Å². The quantitative estimate of drug-likeness (QED) is 0.830. The maximum atomic E-state index is 13.2. The zero-order valence-electron chi connectivity index (χ0n) is 17.0. The number of hydrogen-bond donors (Lipinski definition) is 2. The number of aryl methyl sites for hydroxylation is 1. The predicted octanol–water partition coefficient (Wildman–Crippen LogP) is 1.99. The number of benzene rings is 1. The Kier molecular flexibility index (Phi) is 5.51. The molecule has 1 aromatic heterocycles. The summed E-state index contributed by atoms with van der Waals surface area (Å²) in [6, 6.07) is 9.36. The first-order valence-electron chi connectivity index (χ1n) is 10.3. The highest BCUT2D eigenvalue weighted by molar-refractivity contribution is 5.80. The molecule has 1 fully saturated rings. The van der Waals surface area contributed by atoms with E-state index in [1.807, 2.05) is 35.0 Å². The minimum atomic E-state index is -0.267. The van der Waals surface area contributed by atoms with Crippen LogP contribution in [0.25, 0.3) is 0 Å². The first-order valence-corrected chi connectivity index (χ1v) is 10.3. The summed E-state index contributed by atoms with van der Waals surface area (Å²) in [7, 11) is 0. The average molecular weight is 396 g/mol. The van der Waals surface area contributed by atoms with E-state index in [0.717, 1.165) is 30.1 Å². The normalized spacial score (nSPS) is 22.0.